The second-order valence-electron chi connectivity index (χ2n) is 5.76. The molecule has 0 aromatic heterocycles. The number of rotatable bonds is 5. The van der Waals surface area contributed by atoms with Crippen LogP contribution in [-0.4, -0.2) is 22.5 Å². The highest BCUT2D eigenvalue weighted by Gasteiger charge is 2.39. The number of carboxylic acids is 1. The molecule has 0 heterocycles. The van der Waals surface area contributed by atoms with Crippen molar-refractivity contribution in [2.45, 2.75) is 39.0 Å². The molecule has 1 saturated carbocycles. The molecule has 2 N–H and O–H groups in total. The first kappa shape index (κ1) is 15.3. The van der Waals surface area contributed by atoms with E-state index < -0.39 is 16.3 Å². The smallest absolute Gasteiger partial charge is 0.311 e. The Bertz CT molecular complexity index is 551. The summed E-state index contributed by atoms with van der Waals surface area (Å²) in [5.41, 5.74) is 0.487. The van der Waals surface area contributed by atoms with Gasteiger partial charge in [0.2, 0.25) is 0 Å². The average Bonchev–Trinajstić information content (AvgIpc) is 2.47. The van der Waals surface area contributed by atoms with E-state index in [1.54, 1.807) is 19.1 Å². The summed E-state index contributed by atoms with van der Waals surface area (Å²) in [6.45, 7) is 1.99. The molecule has 0 spiro atoms. The number of carboxylic acid groups (broad SMARTS) is 1. The first-order valence-corrected chi connectivity index (χ1v) is 7.17. The van der Waals surface area contributed by atoms with E-state index >= 15 is 0 Å². The number of carbonyl (C=O) groups is 1. The highest BCUT2D eigenvalue weighted by Crippen LogP contribution is 2.37. The van der Waals surface area contributed by atoms with Crippen molar-refractivity contribution >= 4 is 17.3 Å². The number of nitro benzene ring substituents is 1. The van der Waals surface area contributed by atoms with E-state index in [1.165, 1.54) is 6.07 Å². The average molecular weight is 292 g/mol. The highest BCUT2D eigenvalue weighted by atomic mass is 16.6. The molecule has 6 nitrogen and oxygen atoms in total. The van der Waals surface area contributed by atoms with Crippen LogP contribution in [0.25, 0.3) is 0 Å². The summed E-state index contributed by atoms with van der Waals surface area (Å²) in [7, 11) is 0. The lowest BCUT2D eigenvalue weighted by molar-refractivity contribution is -0.385. The van der Waals surface area contributed by atoms with Gasteiger partial charge < -0.3 is 10.4 Å². The van der Waals surface area contributed by atoms with Crippen molar-refractivity contribution in [3.63, 3.8) is 0 Å². The van der Waals surface area contributed by atoms with Gasteiger partial charge in [0, 0.05) is 23.9 Å². The number of hydrogen-bond donors (Lipinski definition) is 2. The summed E-state index contributed by atoms with van der Waals surface area (Å²) >= 11 is 0. The van der Waals surface area contributed by atoms with Crippen LogP contribution in [0.3, 0.4) is 0 Å². The van der Waals surface area contributed by atoms with E-state index in [-0.39, 0.29) is 5.69 Å². The van der Waals surface area contributed by atoms with Gasteiger partial charge in [-0.15, -0.1) is 0 Å². The predicted molar refractivity (Wildman–Crippen MR) is 79.5 cm³/mol. The molecule has 114 valence electrons. The topological polar surface area (TPSA) is 92.5 Å². The Morgan fingerprint density at radius 2 is 2.05 bits per heavy atom. The molecule has 0 unspecified atom stereocenters. The van der Waals surface area contributed by atoms with E-state index in [4.69, 9.17) is 0 Å². The molecule has 1 aliphatic rings. The first-order chi connectivity index (χ1) is 9.94. The van der Waals surface area contributed by atoms with Crippen molar-refractivity contribution in [3.8, 4) is 0 Å². The number of hydrogen-bond acceptors (Lipinski definition) is 4. The zero-order chi connectivity index (χ0) is 15.5. The van der Waals surface area contributed by atoms with Crippen LogP contribution in [0.2, 0.25) is 0 Å². The van der Waals surface area contributed by atoms with Crippen LogP contribution in [0.5, 0.6) is 0 Å². The van der Waals surface area contributed by atoms with Crippen LogP contribution in [0, 0.1) is 22.5 Å². The summed E-state index contributed by atoms with van der Waals surface area (Å²) in [5.74, 6) is -0.781. The van der Waals surface area contributed by atoms with Gasteiger partial charge in [0.1, 0.15) is 0 Å². The highest BCUT2D eigenvalue weighted by molar-refractivity contribution is 5.75. The molecule has 0 bridgehead atoms. The zero-order valence-corrected chi connectivity index (χ0v) is 12.1. The van der Waals surface area contributed by atoms with Crippen molar-refractivity contribution in [1.82, 2.24) is 0 Å². The molecule has 1 fully saturated rings. The number of nitrogens with one attached hydrogen (secondary N) is 1. The summed E-state index contributed by atoms with van der Waals surface area (Å²) < 4.78 is 0. The van der Waals surface area contributed by atoms with Gasteiger partial charge in [0.15, 0.2) is 0 Å². The second-order valence-corrected chi connectivity index (χ2v) is 5.76. The summed E-state index contributed by atoms with van der Waals surface area (Å²) in [4.78, 5) is 22.1. The number of aliphatic carboxylic acids is 1. The van der Waals surface area contributed by atoms with Crippen LogP contribution < -0.4 is 5.32 Å². The van der Waals surface area contributed by atoms with Gasteiger partial charge >= 0.3 is 5.97 Å². The maximum atomic E-state index is 11.6. The largest absolute Gasteiger partial charge is 0.481 e. The van der Waals surface area contributed by atoms with E-state index in [2.05, 4.69) is 5.32 Å². The Morgan fingerprint density at radius 1 is 1.38 bits per heavy atom. The van der Waals surface area contributed by atoms with E-state index in [9.17, 15) is 20.0 Å². The number of nitrogens with zero attached hydrogens (tertiary/aromatic N) is 1. The van der Waals surface area contributed by atoms with Gasteiger partial charge in [-0.3, -0.25) is 14.9 Å². The maximum Gasteiger partial charge on any atom is 0.311 e. The minimum absolute atomic E-state index is 0.0491. The Labute approximate surface area is 123 Å². The third-order valence-electron chi connectivity index (χ3n) is 4.30. The SMILES string of the molecule is Cc1ccc(NCC2(C(=O)O)CCCCC2)cc1[N+](=O)[O-]. The molecule has 6 heteroatoms. The van der Waals surface area contributed by atoms with Crippen LogP contribution >= 0.6 is 0 Å². The standard InChI is InChI=1S/C15H20N2O4/c1-11-5-6-12(9-13(11)17(20)21)16-10-15(14(18)19)7-3-2-4-8-15/h5-6,9,16H,2-4,7-8,10H2,1H3,(H,18,19). The Hall–Kier alpha value is -2.11. The molecule has 0 radical (unpaired) electrons. The number of anilines is 1. The number of benzene rings is 1. The Morgan fingerprint density at radius 3 is 2.62 bits per heavy atom. The predicted octanol–water partition coefficient (Wildman–Crippen LogP) is 3.35. The normalized spacial score (nSPS) is 17.2. The lowest BCUT2D eigenvalue weighted by atomic mass is 9.74. The molecule has 0 atom stereocenters. The van der Waals surface area contributed by atoms with Crippen LogP contribution in [0.1, 0.15) is 37.7 Å². The molecule has 0 aliphatic heterocycles. The third-order valence-corrected chi connectivity index (χ3v) is 4.30. The molecular formula is C15H20N2O4. The van der Waals surface area contributed by atoms with Gasteiger partial charge in [-0.25, -0.2) is 0 Å². The monoisotopic (exact) mass is 292 g/mol. The molecule has 1 aromatic carbocycles. The van der Waals surface area contributed by atoms with Crippen molar-refractivity contribution in [2.24, 2.45) is 5.41 Å². The van der Waals surface area contributed by atoms with Gasteiger partial charge in [-0.05, 0) is 25.8 Å². The Balaban J connectivity index is 2.12. The van der Waals surface area contributed by atoms with Gasteiger partial charge in [-0.2, -0.15) is 0 Å². The van der Waals surface area contributed by atoms with Gasteiger partial charge in [-0.1, -0.05) is 25.3 Å². The lowest BCUT2D eigenvalue weighted by Gasteiger charge is -2.33. The van der Waals surface area contributed by atoms with Crippen molar-refractivity contribution in [3.05, 3.63) is 33.9 Å². The number of aryl methyl sites for hydroxylation is 1. The van der Waals surface area contributed by atoms with Crippen LogP contribution in [0.15, 0.2) is 18.2 Å². The van der Waals surface area contributed by atoms with Crippen molar-refractivity contribution < 1.29 is 14.8 Å². The van der Waals surface area contributed by atoms with Crippen molar-refractivity contribution in [1.29, 1.82) is 0 Å². The van der Waals surface area contributed by atoms with E-state index in [0.29, 0.717) is 30.6 Å². The van der Waals surface area contributed by atoms with Gasteiger partial charge in [0.05, 0.1) is 10.3 Å². The fraction of sp³-hybridized carbons (Fsp3) is 0.533. The summed E-state index contributed by atoms with van der Waals surface area (Å²) in [6, 6.07) is 4.89. The molecule has 1 aliphatic carbocycles. The summed E-state index contributed by atoms with van der Waals surface area (Å²) in [5, 5.41) is 23.5. The molecule has 2 rings (SSSR count). The molecule has 1 aromatic rings. The van der Waals surface area contributed by atoms with Gasteiger partial charge in [0.25, 0.3) is 5.69 Å². The van der Waals surface area contributed by atoms with E-state index in [1.807, 2.05) is 0 Å². The van der Waals surface area contributed by atoms with Crippen LogP contribution in [-0.2, 0) is 4.79 Å². The number of nitro groups is 1. The lowest BCUT2D eigenvalue weighted by Crippen LogP contribution is -2.39. The summed E-state index contributed by atoms with van der Waals surface area (Å²) in [6.07, 6.45) is 4.22. The van der Waals surface area contributed by atoms with E-state index in [0.717, 1.165) is 19.3 Å². The minimum atomic E-state index is -0.781. The molecular weight excluding hydrogens is 272 g/mol. The fourth-order valence-corrected chi connectivity index (χ4v) is 2.88. The maximum absolute atomic E-state index is 11.6. The minimum Gasteiger partial charge on any atom is -0.481 e. The second kappa shape index (κ2) is 6.11. The zero-order valence-electron chi connectivity index (χ0n) is 12.1. The van der Waals surface area contributed by atoms with Crippen molar-refractivity contribution in [2.75, 3.05) is 11.9 Å². The third kappa shape index (κ3) is 3.32. The molecule has 21 heavy (non-hydrogen) atoms. The molecule has 0 saturated heterocycles. The first-order valence-electron chi connectivity index (χ1n) is 7.17. The molecule has 0 amide bonds. The Kier molecular flexibility index (Phi) is 4.45. The fourth-order valence-electron chi connectivity index (χ4n) is 2.88. The quantitative estimate of drug-likeness (QED) is 0.641. The van der Waals surface area contributed by atoms with Crippen LogP contribution in [0.4, 0.5) is 11.4 Å².